The number of hydrogen-bond acceptors (Lipinski definition) is 1. The van der Waals surface area contributed by atoms with Crippen LogP contribution in [0, 0.1) is 6.92 Å². The first kappa shape index (κ1) is 28.6. The van der Waals surface area contributed by atoms with Gasteiger partial charge in [-0.15, -0.1) is 0 Å². The molecule has 230 valence electrons. The lowest BCUT2D eigenvalue weighted by Gasteiger charge is -2.26. The van der Waals surface area contributed by atoms with Gasteiger partial charge in [0, 0.05) is 22.1 Å². The third-order valence-electron chi connectivity index (χ3n) is 10.5. The highest BCUT2D eigenvalue weighted by molar-refractivity contribution is 6.07. The van der Waals surface area contributed by atoms with Gasteiger partial charge in [-0.3, -0.25) is 0 Å². The molecule has 0 saturated heterocycles. The fraction of sp³-hybridized carbons (Fsp3) is 0.106. The van der Waals surface area contributed by atoms with Crippen molar-refractivity contribution >= 4 is 21.9 Å². The summed E-state index contributed by atoms with van der Waals surface area (Å²) in [6.45, 7) is 6.92. The molecule has 0 radical (unpaired) electrons. The molecule has 1 aliphatic rings. The Hall–Kier alpha value is -5.66. The highest BCUT2D eigenvalue weighted by atomic mass is 16.3. The summed E-state index contributed by atoms with van der Waals surface area (Å²) in [6.07, 6.45) is 0. The number of benzene rings is 7. The van der Waals surface area contributed by atoms with E-state index in [1.165, 1.54) is 77.5 Å². The van der Waals surface area contributed by atoms with Crippen LogP contribution in [0.4, 0.5) is 0 Å². The van der Waals surface area contributed by atoms with E-state index in [1.807, 2.05) is 0 Å². The van der Waals surface area contributed by atoms with Gasteiger partial charge in [0.15, 0.2) is 0 Å². The van der Waals surface area contributed by atoms with Gasteiger partial charge in [-0.1, -0.05) is 153 Å². The van der Waals surface area contributed by atoms with Crippen LogP contribution < -0.4 is 0 Å². The molecule has 7 aromatic carbocycles. The molecule has 1 aromatic heterocycles. The molecule has 9 rings (SSSR count). The summed E-state index contributed by atoms with van der Waals surface area (Å²) >= 11 is 0. The summed E-state index contributed by atoms with van der Waals surface area (Å²) < 4.78 is 6.49. The van der Waals surface area contributed by atoms with E-state index < -0.39 is 0 Å². The number of aryl methyl sites for hydroxylation is 1. The van der Waals surface area contributed by atoms with Crippen LogP contribution in [0.15, 0.2) is 162 Å². The second-order valence-corrected chi connectivity index (χ2v) is 13.8. The van der Waals surface area contributed by atoms with Gasteiger partial charge in [0.25, 0.3) is 0 Å². The minimum Gasteiger partial charge on any atom is -0.456 e. The smallest absolute Gasteiger partial charge is 0.135 e. The zero-order valence-electron chi connectivity index (χ0n) is 27.5. The second kappa shape index (κ2) is 11.0. The van der Waals surface area contributed by atoms with Crippen molar-refractivity contribution in [1.82, 2.24) is 0 Å². The zero-order chi connectivity index (χ0) is 32.4. The Kier molecular flexibility index (Phi) is 6.52. The van der Waals surface area contributed by atoms with E-state index in [0.717, 1.165) is 11.2 Å². The quantitative estimate of drug-likeness (QED) is 0.175. The molecule has 1 aliphatic carbocycles. The molecule has 8 aromatic rings. The van der Waals surface area contributed by atoms with Crippen LogP contribution in [0.2, 0.25) is 0 Å². The van der Waals surface area contributed by atoms with Crippen LogP contribution in [-0.2, 0) is 5.41 Å². The van der Waals surface area contributed by atoms with Crippen LogP contribution >= 0.6 is 0 Å². The first-order valence-corrected chi connectivity index (χ1v) is 16.9. The van der Waals surface area contributed by atoms with E-state index >= 15 is 0 Å². The lowest BCUT2D eigenvalue weighted by Crippen LogP contribution is -2.16. The molecule has 0 amide bonds. The fourth-order valence-corrected chi connectivity index (χ4v) is 8.11. The molecule has 0 saturated carbocycles. The zero-order valence-corrected chi connectivity index (χ0v) is 27.5. The van der Waals surface area contributed by atoms with Crippen LogP contribution in [-0.4, -0.2) is 0 Å². The normalized spacial score (nSPS) is 13.8. The average molecular weight is 617 g/mol. The van der Waals surface area contributed by atoms with Gasteiger partial charge in [0.05, 0.1) is 0 Å². The molecule has 0 N–H and O–H groups in total. The third-order valence-corrected chi connectivity index (χ3v) is 10.5. The molecular weight excluding hydrogens is 581 g/mol. The molecule has 0 fully saturated rings. The molecule has 48 heavy (non-hydrogen) atoms. The first-order chi connectivity index (χ1) is 23.5. The van der Waals surface area contributed by atoms with Gasteiger partial charge >= 0.3 is 0 Å². The largest absolute Gasteiger partial charge is 0.456 e. The second-order valence-electron chi connectivity index (χ2n) is 13.8. The third kappa shape index (κ3) is 4.46. The number of hydrogen-bond donors (Lipinski definition) is 0. The molecule has 0 aliphatic heterocycles. The molecule has 1 unspecified atom stereocenters. The fourth-order valence-electron chi connectivity index (χ4n) is 8.11. The van der Waals surface area contributed by atoms with Crippen molar-refractivity contribution in [1.29, 1.82) is 0 Å². The minimum absolute atomic E-state index is 0.0212. The summed E-state index contributed by atoms with van der Waals surface area (Å²) in [7, 11) is 0. The van der Waals surface area contributed by atoms with Crippen molar-refractivity contribution < 1.29 is 4.42 Å². The van der Waals surface area contributed by atoms with E-state index in [9.17, 15) is 0 Å². The minimum atomic E-state index is -0.140. The van der Waals surface area contributed by atoms with Crippen molar-refractivity contribution in [2.24, 2.45) is 0 Å². The van der Waals surface area contributed by atoms with E-state index in [0.29, 0.717) is 0 Å². The Morgan fingerprint density at radius 2 is 1.19 bits per heavy atom. The lowest BCUT2D eigenvalue weighted by atomic mass is 9.77. The van der Waals surface area contributed by atoms with Gasteiger partial charge in [-0.25, -0.2) is 0 Å². The first-order valence-electron chi connectivity index (χ1n) is 16.9. The van der Waals surface area contributed by atoms with E-state index in [2.05, 4.69) is 178 Å². The summed E-state index contributed by atoms with van der Waals surface area (Å²) in [4.78, 5) is 0. The Labute approximate surface area is 282 Å². The molecular formula is C47H36O. The molecule has 1 heteroatoms. The van der Waals surface area contributed by atoms with E-state index in [-0.39, 0.29) is 11.3 Å². The van der Waals surface area contributed by atoms with Crippen molar-refractivity contribution in [3.05, 3.63) is 191 Å². The topological polar surface area (TPSA) is 13.1 Å². The molecule has 1 nitrogen and oxygen atoms in total. The van der Waals surface area contributed by atoms with Gasteiger partial charge in [0.1, 0.15) is 11.2 Å². The predicted molar refractivity (Wildman–Crippen MR) is 201 cm³/mol. The molecule has 0 bridgehead atoms. The number of rotatable bonds is 5. The van der Waals surface area contributed by atoms with Crippen molar-refractivity contribution in [2.75, 3.05) is 0 Å². The Balaban J connectivity index is 1.35. The van der Waals surface area contributed by atoms with Crippen molar-refractivity contribution in [3.63, 3.8) is 0 Å². The average Bonchev–Trinajstić information content (AvgIpc) is 3.61. The van der Waals surface area contributed by atoms with Gasteiger partial charge in [0.2, 0.25) is 0 Å². The highest BCUT2D eigenvalue weighted by Crippen LogP contribution is 2.54. The summed E-state index contributed by atoms with van der Waals surface area (Å²) in [5, 5.41) is 2.36. The van der Waals surface area contributed by atoms with E-state index in [4.69, 9.17) is 4.42 Å². The summed E-state index contributed by atoms with van der Waals surface area (Å²) in [5.41, 5.74) is 17.2. The van der Waals surface area contributed by atoms with E-state index in [1.54, 1.807) is 0 Å². The lowest BCUT2D eigenvalue weighted by molar-refractivity contribution is 0.659. The van der Waals surface area contributed by atoms with Crippen LogP contribution in [0.25, 0.3) is 55.3 Å². The Bertz CT molecular complexity index is 2460. The number of furan rings is 1. The Morgan fingerprint density at radius 3 is 1.96 bits per heavy atom. The SMILES string of the molecule is Cc1ccc2oc3cccc(C(c4ccc(-c5ccccc5)cc4)c4cc(-c5ccccc5)c5c(c4)C(C)(C)c4ccccc4-5)c3c2c1. The van der Waals surface area contributed by atoms with Crippen molar-refractivity contribution in [3.8, 4) is 33.4 Å². The maximum atomic E-state index is 6.49. The summed E-state index contributed by atoms with van der Waals surface area (Å²) in [6, 6.07) is 57.8. The summed E-state index contributed by atoms with van der Waals surface area (Å²) in [5.74, 6) is -0.0212. The van der Waals surface area contributed by atoms with Gasteiger partial charge in [-0.2, -0.15) is 0 Å². The molecule has 1 heterocycles. The molecule has 0 spiro atoms. The maximum Gasteiger partial charge on any atom is 0.135 e. The van der Waals surface area contributed by atoms with Gasteiger partial charge < -0.3 is 4.42 Å². The Morgan fingerprint density at radius 1 is 0.500 bits per heavy atom. The predicted octanol–water partition coefficient (Wildman–Crippen LogP) is 12.7. The van der Waals surface area contributed by atoms with Gasteiger partial charge in [-0.05, 0) is 92.4 Å². The monoisotopic (exact) mass is 616 g/mol. The number of fused-ring (bicyclic) bond motifs is 6. The standard InChI is InChI=1S/C47H36O/c1-30-21-26-42-39(27-30)46-37(18-12-20-43(46)48-42)44(34-24-22-32(23-25-34)31-13-6-4-7-14-31)35-28-38(33-15-8-5-9-16-33)45-36-17-10-11-19-40(36)47(2,3)41(45)29-35/h4-29,44H,1-3H3. The van der Waals surface area contributed by atoms with Crippen molar-refractivity contribution in [2.45, 2.75) is 32.1 Å². The van der Waals surface area contributed by atoms with Crippen LogP contribution in [0.3, 0.4) is 0 Å². The molecule has 1 atom stereocenters. The van der Waals surface area contributed by atoms with Crippen LogP contribution in [0.5, 0.6) is 0 Å². The van der Waals surface area contributed by atoms with Crippen LogP contribution in [0.1, 0.15) is 53.1 Å². The maximum absolute atomic E-state index is 6.49. The highest BCUT2D eigenvalue weighted by Gasteiger charge is 2.38.